The van der Waals surface area contributed by atoms with Gasteiger partial charge in [-0.15, -0.1) is 0 Å². The number of benzene rings is 2. The molecule has 2 N–H and O–H groups in total. The highest BCUT2D eigenvalue weighted by Crippen LogP contribution is 2.39. The molecule has 1 aromatic heterocycles. The number of hydrogen-bond acceptors (Lipinski definition) is 4. The Morgan fingerprint density at radius 2 is 1.77 bits per heavy atom. The van der Waals surface area contributed by atoms with Crippen molar-refractivity contribution in [2.75, 3.05) is 11.9 Å². The van der Waals surface area contributed by atoms with Crippen LogP contribution in [0.1, 0.15) is 41.9 Å². The zero-order valence-corrected chi connectivity index (χ0v) is 16.7. The number of rotatable bonds is 7. The van der Waals surface area contributed by atoms with Gasteiger partial charge in [-0.1, -0.05) is 18.2 Å². The Morgan fingerprint density at radius 3 is 2.40 bits per heavy atom. The first-order valence-corrected chi connectivity index (χ1v) is 9.94. The first kappa shape index (κ1) is 19.6. The van der Waals surface area contributed by atoms with Crippen LogP contribution in [0.4, 0.5) is 5.69 Å². The van der Waals surface area contributed by atoms with E-state index in [-0.39, 0.29) is 30.6 Å². The average molecular weight is 405 g/mol. The van der Waals surface area contributed by atoms with Gasteiger partial charge < -0.3 is 10.6 Å². The minimum absolute atomic E-state index is 0.168. The number of para-hydroxylation sites is 1. The highest BCUT2D eigenvalue weighted by Gasteiger charge is 2.31. The maximum absolute atomic E-state index is 12.9. The van der Waals surface area contributed by atoms with E-state index in [1.807, 2.05) is 30.3 Å². The van der Waals surface area contributed by atoms with Gasteiger partial charge in [-0.3, -0.25) is 9.59 Å². The summed E-state index contributed by atoms with van der Waals surface area (Å²) in [7, 11) is 0. The number of amides is 2. The van der Waals surface area contributed by atoms with Crippen LogP contribution in [0.15, 0.2) is 59.4 Å². The summed E-state index contributed by atoms with van der Waals surface area (Å²) < 4.78 is 3.08. The number of aromatic nitrogens is 3. The van der Waals surface area contributed by atoms with Crippen molar-refractivity contribution in [3.63, 3.8) is 0 Å². The predicted octanol–water partition coefficient (Wildman–Crippen LogP) is 2.30. The van der Waals surface area contributed by atoms with E-state index >= 15 is 0 Å². The monoisotopic (exact) mass is 405 g/mol. The Hall–Kier alpha value is -3.68. The second-order valence-electron chi connectivity index (χ2n) is 7.32. The normalized spacial score (nSPS) is 13.1. The van der Waals surface area contributed by atoms with Gasteiger partial charge in [0, 0.05) is 30.6 Å². The summed E-state index contributed by atoms with van der Waals surface area (Å²) in [6.07, 6.45) is 2.07. The fraction of sp³-hybridized carbons (Fsp3) is 0.273. The molecule has 1 saturated carbocycles. The van der Waals surface area contributed by atoms with Crippen LogP contribution in [0, 0.1) is 0 Å². The quantitative estimate of drug-likeness (QED) is 0.630. The van der Waals surface area contributed by atoms with Crippen LogP contribution >= 0.6 is 0 Å². The smallest absolute Gasteiger partial charge is 0.350 e. The summed E-state index contributed by atoms with van der Waals surface area (Å²) in [5.74, 6) is 0.683. The molecular weight excluding hydrogens is 382 g/mol. The summed E-state index contributed by atoms with van der Waals surface area (Å²) in [6, 6.07) is 16.1. The van der Waals surface area contributed by atoms with E-state index in [0.717, 1.165) is 24.4 Å². The Bertz CT molecular complexity index is 1110. The lowest BCUT2D eigenvalue weighted by atomic mass is 10.2. The molecule has 8 heteroatoms. The molecule has 8 nitrogen and oxygen atoms in total. The Labute approximate surface area is 173 Å². The lowest BCUT2D eigenvalue weighted by Gasteiger charge is -2.06. The maximum atomic E-state index is 12.9. The van der Waals surface area contributed by atoms with Crippen LogP contribution in [0.5, 0.6) is 0 Å². The zero-order chi connectivity index (χ0) is 21.1. The Balaban J connectivity index is 1.42. The van der Waals surface area contributed by atoms with Gasteiger partial charge in [0.2, 0.25) is 5.91 Å². The summed E-state index contributed by atoms with van der Waals surface area (Å²) in [5, 5.41) is 10.0. The molecule has 4 rings (SSSR count). The summed E-state index contributed by atoms with van der Waals surface area (Å²) in [6.45, 7) is 1.99. The number of hydrogen-bond donors (Lipinski definition) is 2. The zero-order valence-electron chi connectivity index (χ0n) is 16.7. The van der Waals surface area contributed by atoms with Gasteiger partial charge in [0.15, 0.2) is 0 Å². The maximum Gasteiger partial charge on any atom is 0.350 e. The molecule has 0 radical (unpaired) electrons. The third kappa shape index (κ3) is 4.32. The van der Waals surface area contributed by atoms with Gasteiger partial charge in [-0.05, 0) is 49.2 Å². The standard InChI is InChI=1S/C22H23N5O3/c1-15(28)24-18-11-9-17(10-12-18)21(29)23-13-14-26-22(30)27(19-5-3-2-4-6-19)20(25-26)16-7-8-16/h2-6,9-12,16H,7-8,13-14H2,1H3,(H,23,29)(H,24,28). The van der Waals surface area contributed by atoms with E-state index in [1.165, 1.54) is 11.6 Å². The van der Waals surface area contributed by atoms with Gasteiger partial charge in [0.1, 0.15) is 5.82 Å². The molecule has 0 saturated heterocycles. The summed E-state index contributed by atoms with van der Waals surface area (Å²) in [4.78, 5) is 36.3. The Morgan fingerprint density at radius 1 is 1.07 bits per heavy atom. The van der Waals surface area contributed by atoms with Crippen LogP contribution in [0.2, 0.25) is 0 Å². The predicted molar refractivity (Wildman–Crippen MR) is 113 cm³/mol. The molecule has 0 unspecified atom stereocenters. The summed E-state index contributed by atoms with van der Waals surface area (Å²) in [5.41, 5.74) is 1.71. The van der Waals surface area contributed by atoms with Crippen molar-refractivity contribution in [2.45, 2.75) is 32.2 Å². The first-order valence-electron chi connectivity index (χ1n) is 9.94. The molecule has 1 fully saturated rings. The van der Waals surface area contributed by atoms with E-state index in [0.29, 0.717) is 17.2 Å². The highest BCUT2D eigenvalue weighted by atomic mass is 16.2. The second-order valence-corrected chi connectivity index (χ2v) is 7.32. The highest BCUT2D eigenvalue weighted by molar-refractivity contribution is 5.95. The molecule has 2 amide bonds. The van der Waals surface area contributed by atoms with Crippen LogP contribution in [-0.4, -0.2) is 32.7 Å². The molecule has 0 spiro atoms. The molecule has 2 aromatic carbocycles. The molecule has 3 aromatic rings. The van der Waals surface area contributed by atoms with Crippen molar-refractivity contribution < 1.29 is 9.59 Å². The molecule has 1 heterocycles. The van der Waals surface area contributed by atoms with Gasteiger partial charge in [-0.2, -0.15) is 5.10 Å². The minimum atomic E-state index is -0.248. The van der Waals surface area contributed by atoms with E-state index in [9.17, 15) is 14.4 Å². The van der Waals surface area contributed by atoms with Crippen molar-refractivity contribution in [1.82, 2.24) is 19.7 Å². The van der Waals surface area contributed by atoms with E-state index in [1.54, 1.807) is 28.8 Å². The lowest BCUT2D eigenvalue weighted by Crippen LogP contribution is -2.32. The van der Waals surface area contributed by atoms with Gasteiger partial charge in [0.25, 0.3) is 5.91 Å². The number of carbonyl (C=O) groups excluding carboxylic acids is 2. The molecule has 154 valence electrons. The van der Waals surface area contributed by atoms with Crippen LogP contribution in [0.3, 0.4) is 0 Å². The molecule has 1 aliphatic carbocycles. The fourth-order valence-electron chi connectivity index (χ4n) is 3.28. The third-order valence-corrected chi connectivity index (χ3v) is 4.90. The Kier molecular flexibility index (Phi) is 5.47. The third-order valence-electron chi connectivity index (χ3n) is 4.90. The van der Waals surface area contributed by atoms with Crippen molar-refractivity contribution in [3.05, 3.63) is 76.5 Å². The van der Waals surface area contributed by atoms with Gasteiger partial charge >= 0.3 is 5.69 Å². The number of nitrogens with one attached hydrogen (secondary N) is 2. The number of nitrogens with zero attached hydrogens (tertiary/aromatic N) is 3. The molecule has 0 atom stereocenters. The minimum Gasteiger partial charge on any atom is -0.350 e. The van der Waals surface area contributed by atoms with Crippen LogP contribution in [0.25, 0.3) is 5.69 Å². The van der Waals surface area contributed by atoms with E-state index in [2.05, 4.69) is 15.7 Å². The topological polar surface area (TPSA) is 98.0 Å². The molecule has 1 aliphatic rings. The van der Waals surface area contributed by atoms with Crippen molar-refractivity contribution in [2.24, 2.45) is 0 Å². The van der Waals surface area contributed by atoms with Gasteiger partial charge in [-0.25, -0.2) is 14.0 Å². The first-order chi connectivity index (χ1) is 14.5. The number of carbonyl (C=O) groups is 2. The average Bonchev–Trinajstić information content (AvgIpc) is 3.53. The van der Waals surface area contributed by atoms with Gasteiger partial charge in [0.05, 0.1) is 12.2 Å². The molecule has 0 aliphatic heterocycles. The van der Waals surface area contributed by atoms with Crippen molar-refractivity contribution in [3.8, 4) is 5.69 Å². The van der Waals surface area contributed by atoms with Crippen LogP contribution < -0.4 is 16.3 Å². The molecule has 0 bridgehead atoms. The van der Waals surface area contributed by atoms with E-state index in [4.69, 9.17) is 0 Å². The second kappa shape index (κ2) is 8.36. The van der Waals surface area contributed by atoms with Crippen molar-refractivity contribution >= 4 is 17.5 Å². The SMILES string of the molecule is CC(=O)Nc1ccc(C(=O)NCCn2nc(C3CC3)n(-c3ccccc3)c2=O)cc1. The number of anilines is 1. The lowest BCUT2D eigenvalue weighted by molar-refractivity contribution is -0.114. The van der Waals surface area contributed by atoms with Crippen LogP contribution in [-0.2, 0) is 11.3 Å². The largest absolute Gasteiger partial charge is 0.350 e. The van der Waals surface area contributed by atoms with E-state index < -0.39 is 0 Å². The summed E-state index contributed by atoms with van der Waals surface area (Å²) >= 11 is 0. The molecule has 30 heavy (non-hydrogen) atoms. The molecular formula is C22H23N5O3. The fourth-order valence-corrected chi connectivity index (χ4v) is 3.28. The van der Waals surface area contributed by atoms with Crippen molar-refractivity contribution in [1.29, 1.82) is 0 Å².